The molecule has 3 rings (SSSR count). The highest BCUT2D eigenvalue weighted by atomic mass is 16.5. The number of rotatable bonds is 6. The Bertz CT molecular complexity index is 1050. The molecule has 1 aliphatic rings. The van der Waals surface area contributed by atoms with E-state index >= 15 is 0 Å². The topological polar surface area (TPSA) is 112 Å². The van der Waals surface area contributed by atoms with E-state index in [1.807, 2.05) is 43.9 Å². The summed E-state index contributed by atoms with van der Waals surface area (Å²) in [7, 11) is 0. The van der Waals surface area contributed by atoms with E-state index in [0.29, 0.717) is 45.0 Å². The molecule has 0 saturated carbocycles. The van der Waals surface area contributed by atoms with E-state index in [1.165, 1.54) is 4.57 Å². The van der Waals surface area contributed by atoms with E-state index < -0.39 is 17.2 Å². The largest absolute Gasteiger partial charge is 0.383 e. The zero-order valence-corrected chi connectivity index (χ0v) is 17.7. The van der Waals surface area contributed by atoms with Crippen LogP contribution < -0.4 is 27.2 Å². The van der Waals surface area contributed by atoms with E-state index in [2.05, 4.69) is 5.32 Å². The number of nitrogen functional groups attached to an aromatic ring is 1. The molecule has 1 aromatic heterocycles. The molecule has 0 bridgehead atoms. The van der Waals surface area contributed by atoms with Gasteiger partial charge in [0.1, 0.15) is 18.1 Å². The SMILES string of the molecule is CCCn1c(N)c(N2CCOCC2)c(=O)n(CC(=O)Nc2ccc(C)cc2C)c1=O. The molecule has 1 aromatic carbocycles. The average molecular weight is 415 g/mol. The molecule has 2 heterocycles. The first-order valence-electron chi connectivity index (χ1n) is 10.2. The number of benzene rings is 1. The van der Waals surface area contributed by atoms with Gasteiger partial charge < -0.3 is 20.7 Å². The minimum absolute atomic E-state index is 0.139. The molecule has 0 aliphatic carbocycles. The van der Waals surface area contributed by atoms with Gasteiger partial charge in [0.2, 0.25) is 5.91 Å². The normalized spacial score (nSPS) is 14.0. The van der Waals surface area contributed by atoms with Gasteiger partial charge in [-0.3, -0.25) is 14.2 Å². The molecule has 1 aliphatic heterocycles. The Kier molecular flexibility index (Phi) is 6.61. The molecule has 9 nitrogen and oxygen atoms in total. The monoisotopic (exact) mass is 415 g/mol. The van der Waals surface area contributed by atoms with Crippen molar-refractivity contribution >= 4 is 23.1 Å². The fourth-order valence-electron chi connectivity index (χ4n) is 3.65. The van der Waals surface area contributed by atoms with Gasteiger partial charge in [0.25, 0.3) is 5.56 Å². The Morgan fingerprint density at radius 3 is 2.50 bits per heavy atom. The lowest BCUT2D eigenvalue weighted by Crippen LogP contribution is -2.48. The predicted molar refractivity (Wildman–Crippen MR) is 117 cm³/mol. The Labute approximate surface area is 175 Å². The summed E-state index contributed by atoms with van der Waals surface area (Å²) in [6, 6.07) is 5.65. The van der Waals surface area contributed by atoms with Crippen molar-refractivity contribution in [1.29, 1.82) is 0 Å². The van der Waals surface area contributed by atoms with E-state index in [-0.39, 0.29) is 18.1 Å². The zero-order chi connectivity index (χ0) is 21.8. The summed E-state index contributed by atoms with van der Waals surface area (Å²) < 4.78 is 7.70. The maximum atomic E-state index is 13.2. The quantitative estimate of drug-likeness (QED) is 0.731. The van der Waals surface area contributed by atoms with E-state index in [4.69, 9.17) is 10.5 Å². The number of aryl methyl sites for hydroxylation is 2. The molecule has 0 radical (unpaired) electrons. The number of nitrogens with zero attached hydrogens (tertiary/aromatic N) is 3. The summed E-state index contributed by atoms with van der Waals surface area (Å²) in [6.45, 7) is 7.70. The van der Waals surface area contributed by atoms with Crippen LogP contribution in [-0.2, 0) is 22.6 Å². The van der Waals surface area contributed by atoms with Crippen molar-refractivity contribution in [3.05, 3.63) is 50.2 Å². The Balaban J connectivity index is 1.98. The van der Waals surface area contributed by atoms with Crippen LogP contribution in [0.2, 0.25) is 0 Å². The number of ether oxygens (including phenoxy) is 1. The Morgan fingerprint density at radius 2 is 1.87 bits per heavy atom. The number of nitrogens with two attached hydrogens (primary N) is 1. The molecule has 1 amide bonds. The van der Waals surface area contributed by atoms with E-state index in [0.717, 1.165) is 15.7 Å². The second-order valence-electron chi connectivity index (χ2n) is 7.53. The van der Waals surface area contributed by atoms with E-state index in [1.54, 1.807) is 0 Å². The lowest BCUT2D eigenvalue weighted by atomic mass is 10.1. The molecule has 1 fully saturated rings. The third-order valence-corrected chi connectivity index (χ3v) is 5.18. The van der Waals surface area contributed by atoms with Crippen molar-refractivity contribution in [3.8, 4) is 0 Å². The fraction of sp³-hybridized carbons (Fsp3) is 0.476. The zero-order valence-electron chi connectivity index (χ0n) is 17.7. The van der Waals surface area contributed by atoms with Crippen LogP contribution in [0, 0.1) is 13.8 Å². The third kappa shape index (κ3) is 4.40. The van der Waals surface area contributed by atoms with Crippen LogP contribution >= 0.6 is 0 Å². The van der Waals surface area contributed by atoms with Crippen LogP contribution in [-0.4, -0.2) is 41.3 Å². The molecule has 162 valence electrons. The van der Waals surface area contributed by atoms with Gasteiger partial charge in [-0.15, -0.1) is 0 Å². The van der Waals surface area contributed by atoms with Crippen molar-refractivity contribution in [2.75, 3.05) is 42.3 Å². The summed E-state index contributed by atoms with van der Waals surface area (Å²) >= 11 is 0. The first-order valence-corrected chi connectivity index (χ1v) is 10.2. The first kappa shape index (κ1) is 21.6. The molecular formula is C21H29N5O4. The third-order valence-electron chi connectivity index (χ3n) is 5.18. The summed E-state index contributed by atoms with van der Waals surface area (Å²) in [6.07, 6.45) is 0.666. The maximum Gasteiger partial charge on any atom is 0.333 e. The smallest absolute Gasteiger partial charge is 0.333 e. The lowest BCUT2D eigenvalue weighted by Gasteiger charge is -2.30. The Morgan fingerprint density at radius 1 is 1.17 bits per heavy atom. The van der Waals surface area contributed by atoms with Gasteiger partial charge in [-0.25, -0.2) is 9.36 Å². The average Bonchev–Trinajstić information content (AvgIpc) is 2.71. The van der Waals surface area contributed by atoms with Crippen molar-refractivity contribution < 1.29 is 9.53 Å². The molecule has 30 heavy (non-hydrogen) atoms. The van der Waals surface area contributed by atoms with Crippen molar-refractivity contribution in [2.45, 2.75) is 40.3 Å². The number of nitrogens with one attached hydrogen (secondary N) is 1. The highest BCUT2D eigenvalue weighted by Gasteiger charge is 2.24. The molecule has 0 spiro atoms. The van der Waals surface area contributed by atoms with Gasteiger partial charge in [0, 0.05) is 25.3 Å². The van der Waals surface area contributed by atoms with Crippen molar-refractivity contribution in [1.82, 2.24) is 9.13 Å². The van der Waals surface area contributed by atoms with Crippen LogP contribution in [0.5, 0.6) is 0 Å². The second-order valence-corrected chi connectivity index (χ2v) is 7.53. The van der Waals surface area contributed by atoms with Gasteiger partial charge in [0.05, 0.1) is 13.2 Å². The number of morpholine rings is 1. The van der Waals surface area contributed by atoms with Crippen LogP contribution in [0.1, 0.15) is 24.5 Å². The standard InChI is InChI=1S/C21H29N5O4/c1-4-7-25-19(22)18(24-8-10-30-11-9-24)20(28)26(21(25)29)13-17(27)23-16-6-5-14(2)12-15(16)3/h5-6,12H,4,7-11,13,22H2,1-3H3,(H,23,27). The number of carbonyl (C=O) groups is 1. The maximum absolute atomic E-state index is 13.2. The molecule has 9 heteroatoms. The fourth-order valence-corrected chi connectivity index (χ4v) is 3.65. The van der Waals surface area contributed by atoms with Gasteiger partial charge in [-0.05, 0) is 31.9 Å². The number of hydrogen-bond acceptors (Lipinski definition) is 6. The number of aromatic nitrogens is 2. The summed E-state index contributed by atoms with van der Waals surface area (Å²) in [5.41, 5.74) is 7.99. The predicted octanol–water partition coefficient (Wildman–Crippen LogP) is 1.09. The minimum Gasteiger partial charge on any atom is -0.383 e. The summed E-state index contributed by atoms with van der Waals surface area (Å²) in [5.74, 6) is -0.304. The minimum atomic E-state index is -0.577. The number of carbonyl (C=O) groups excluding carboxylic acids is 1. The lowest BCUT2D eigenvalue weighted by molar-refractivity contribution is -0.116. The molecule has 0 unspecified atom stereocenters. The second kappa shape index (κ2) is 9.17. The molecule has 2 aromatic rings. The number of amides is 1. The van der Waals surface area contributed by atoms with Crippen LogP contribution in [0.15, 0.2) is 27.8 Å². The van der Waals surface area contributed by atoms with Gasteiger partial charge in [-0.1, -0.05) is 24.6 Å². The van der Waals surface area contributed by atoms with Gasteiger partial charge >= 0.3 is 5.69 Å². The van der Waals surface area contributed by atoms with Gasteiger partial charge in [-0.2, -0.15) is 0 Å². The molecule has 1 saturated heterocycles. The highest BCUT2D eigenvalue weighted by molar-refractivity contribution is 5.91. The first-order chi connectivity index (χ1) is 14.3. The van der Waals surface area contributed by atoms with Crippen molar-refractivity contribution in [3.63, 3.8) is 0 Å². The molecular weight excluding hydrogens is 386 g/mol. The van der Waals surface area contributed by atoms with Crippen LogP contribution in [0.25, 0.3) is 0 Å². The van der Waals surface area contributed by atoms with Crippen LogP contribution in [0.4, 0.5) is 17.2 Å². The number of hydrogen-bond donors (Lipinski definition) is 2. The number of anilines is 3. The van der Waals surface area contributed by atoms with E-state index in [9.17, 15) is 14.4 Å². The van der Waals surface area contributed by atoms with Gasteiger partial charge in [0.15, 0.2) is 0 Å². The van der Waals surface area contributed by atoms with Crippen LogP contribution in [0.3, 0.4) is 0 Å². The highest BCUT2D eigenvalue weighted by Crippen LogP contribution is 2.19. The summed E-state index contributed by atoms with van der Waals surface area (Å²) in [5, 5.41) is 2.79. The van der Waals surface area contributed by atoms with Crippen molar-refractivity contribution in [2.24, 2.45) is 0 Å². The summed E-state index contributed by atoms with van der Waals surface area (Å²) in [4.78, 5) is 40.6. The molecule has 0 atom stereocenters. The Hall–Kier alpha value is -3.07. The molecule has 3 N–H and O–H groups in total.